The van der Waals surface area contributed by atoms with Crippen LogP contribution in [0.4, 0.5) is 0 Å². The lowest BCUT2D eigenvalue weighted by Crippen LogP contribution is -2.07. The number of rotatable bonds is 6. The molecule has 0 atom stereocenters. The molecule has 0 fully saturated rings. The molecule has 0 aliphatic rings. The Bertz CT molecular complexity index is 3460. The van der Waals surface area contributed by atoms with Crippen molar-refractivity contribution in [3.63, 3.8) is 0 Å². The van der Waals surface area contributed by atoms with Gasteiger partial charge in [-0.1, -0.05) is 152 Å². The maximum Gasteiger partial charge on any atom is 0.238 e. The molecule has 59 heavy (non-hydrogen) atoms. The molecule has 7 nitrogen and oxygen atoms in total. The molecule has 276 valence electrons. The molecule has 4 aromatic heterocycles. The average Bonchev–Trinajstić information content (AvgIpc) is 4.00. The number of para-hydroxylation sites is 4. The zero-order valence-electron chi connectivity index (χ0n) is 31.6. The Morgan fingerprint density at radius 3 is 1.49 bits per heavy atom. The second kappa shape index (κ2) is 13.2. The van der Waals surface area contributed by atoms with Crippen molar-refractivity contribution in [3.05, 3.63) is 194 Å². The van der Waals surface area contributed by atoms with Gasteiger partial charge in [-0.05, 0) is 53.6 Å². The zero-order chi connectivity index (χ0) is 38.9. The third-order valence-electron chi connectivity index (χ3n) is 11.2. The van der Waals surface area contributed by atoms with Crippen LogP contribution >= 0.6 is 0 Å². The molecule has 0 spiro atoms. The number of hydrogen-bond donors (Lipinski definition) is 0. The molecule has 0 amide bonds. The van der Waals surface area contributed by atoms with Gasteiger partial charge >= 0.3 is 0 Å². The summed E-state index contributed by atoms with van der Waals surface area (Å²) in [6.07, 6.45) is 0. The average molecular weight is 757 g/mol. The van der Waals surface area contributed by atoms with Crippen LogP contribution in [0.2, 0.25) is 0 Å². The predicted molar refractivity (Wildman–Crippen MR) is 238 cm³/mol. The van der Waals surface area contributed by atoms with Gasteiger partial charge in [-0.2, -0.15) is 9.97 Å². The van der Waals surface area contributed by atoms with E-state index in [1.54, 1.807) is 0 Å². The Labute approximate surface area is 338 Å². The van der Waals surface area contributed by atoms with Crippen LogP contribution in [0.15, 0.2) is 199 Å². The van der Waals surface area contributed by atoms with Gasteiger partial charge in [-0.15, -0.1) is 0 Å². The summed E-state index contributed by atoms with van der Waals surface area (Å²) in [6.45, 7) is 0. The maximum absolute atomic E-state index is 6.43. The molecule has 0 bridgehead atoms. The summed E-state index contributed by atoms with van der Waals surface area (Å²) in [6, 6.07) is 66.9. The lowest BCUT2D eigenvalue weighted by Gasteiger charge is -2.15. The third kappa shape index (κ3) is 5.36. The lowest BCUT2D eigenvalue weighted by molar-refractivity contribution is 0.620. The number of fused-ring (bicyclic) bond motifs is 8. The van der Waals surface area contributed by atoms with Crippen LogP contribution < -0.4 is 0 Å². The Balaban J connectivity index is 1.22. The summed E-state index contributed by atoms with van der Waals surface area (Å²) in [4.78, 5) is 20.6. The molecule has 12 rings (SSSR count). The van der Waals surface area contributed by atoms with Gasteiger partial charge in [0.15, 0.2) is 17.2 Å². The SMILES string of the molecule is c1ccc(-c2cc(-c3nc4ccccc4o3)cc(-n3c4ccccc4c4ccc5c6ccccc6n(-c6nc(-c7ccccc7)nc(-c7ccccc7)n6)c5c43)c2)cc1. The lowest BCUT2D eigenvalue weighted by atomic mass is 10.0. The highest BCUT2D eigenvalue weighted by molar-refractivity contribution is 6.23. The van der Waals surface area contributed by atoms with Crippen LogP contribution in [-0.2, 0) is 0 Å². The molecular formula is C52H32N6O. The van der Waals surface area contributed by atoms with Gasteiger partial charge in [0.1, 0.15) is 5.52 Å². The molecule has 4 heterocycles. The Morgan fingerprint density at radius 2 is 0.864 bits per heavy atom. The molecule has 0 aliphatic carbocycles. The predicted octanol–water partition coefficient (Wildman–Crippen LogP) is 12.9. The Kier molecular flexibility index (Phi) is 7.40. The second-order valence-electron chi connectivity index (χ2n) is 14.7. The van der Waals surface area contributed by atoms with E-state index in [1.165, 1.54) is 0 Å². The summed E-state index contributed by atoms with van der Waals surface area (Å²) in [5.74, 6) is 2.31. The molecule has 0 aliphatic heterocycles. The topological polar surface area (TPSA) is 74.6 Å². The number of oxazole rings is 1. The first kappa shape index (κ1) is 33.0. The van der Waals surface area contributed by atoms with Crippen molar-refractivity contribution in [2.45, 2.75) is 0 Å². The van der Waals surface area contributed by atoms with Crippen molar-refractivity contribution in [2.24, 2.45) is 0 Å². The first-order chi connectivity index (χ1) is 29.2. The van der Waals surface area contributed by atoms with Crippen molar-refractivity contribution in [1.29, 1.82) is 0 Å². The van der Waals surface area contributed by atoms with Gasteiger partial charge in [0.2, 0.25) is 11.8 Å². The molecule has 0 saturated heterocycles. The van der Waals surface area contributed by atoms with E-state index in [1.807, 2.05) is 91.0 Å². The summed E-state index contributed by atoms with van der Waals surface area (Å²) in [5.41, 5.74) is 11.5. The third-order valence-corrected chi connectivity index (χ3v) is 11.2. The van der Waals surface area contributed by atoms with Crippen LogP contribution in [0.5, 0.6) is 0 Å². The number of benzene rings is 8. The largest absolute Gasteiger partial charge is 0.436 e. The standard InChI is InChI=1S/C52H32N6O/c1-4-16-33(17-5-1)36-30-37(51-53-43-24-12-15-27-46(43)59-51)32-38(31-36)57-44-25-13-10-22-39(44)41-28-29-42-40-23-11-14-26-45(40)58(48(42)47(41)57)52-55-49(34-18-6-2-7-19-34)54-50(56-52)35-20-8-3-9-21-35/h1-32H. The van der Waals surface area contributed by atoms with Gasteiger partial charge in [-0.3, -0.25) is 4.57 Å². The van der Waals surface area contributed by atoms with E-state index in [-0.39, 0.29) is 0 Å². The summed E-state index contributed by atoms with van der Waals surface area (Å²) < 4.78 is 11.0. The molecule has 0 N–H and O–H groups in total. The highest BCUT2D eigenvalue weighted by Gasteiger charge is 2.24. The van der Waals surface area contributed by atoms with E-state index in [0.717, 1.165) is 88.2 Å². The van der Waals surface area contributed by atoms with Crippen molar-refractivity contribution in [2.75, 3.05) is 0 Å². The van der Waals surface area contributed by atoms with Crippen molar-refractivity contribution in [3.8, 4) is 57.0 Å². The van der Waals surface area contributed by atoms with E-state index in [9.17, 15) is 0 Å². The Hall–Kier alpha value is -8.16. The fraction of sp³-hybridized carbons (Fsp3) is 0. The number of hydrogen-bond acceptors (Lipinski definition) is 5. The highest BCUT2D eigenvalue weighted by atomic mass is 16.3. The number of aromatic nitrogens is 6. The normalized spacial score (nSPS) is 11.7. The van der Waals surface area contributed by atoms with Crippen LogP contribution in [0.1, 0.15) is 0 Å². The van der Waals surface area contributed by atoms with E-state index >= 15 is 0 Å². The first-order valence-corrected chi connectivity index (χ1v) is 19.6. The molecule has 8 aromatic carbocycles. The summed E-state index contributed by atoms with van der Waals surface area (Å²) in [5, 5.41) is 4.46. The first-order valence-electron chi connectivity index (χ1n) is 19.6. The minimum atomic E-state index is 0.540. The van der Waals surface area contributed by atoms with E-state index < -0.39 is 0 Å². The molecule has 12 aromatic rings. The monoisotopic (exact) mass is 756 g/mol. The fourth-order valence-electron chi connectivity index (χ4n) is 8.53. The van der Waals surface area contributed by atoms with Crippen LogP contribution in [-0.4, -0.2) is 29.1 Å². The second-order valence-corrected chi connectivity index (χ2v) is 14.7. The zero-order valence-corrected chi connectivity index (χ0v) is 31.6. The maximum atomic E-state index is 6.43. The van der Waals surface area contributed by atoms with Gasteiger partial charge in [0, 0.05) is 43.9 Å². The van der Waals surface area contributed by atoms with E-state index in [4.69, 9.17) is 24.4 Å². The molecule has 0 saturated carbocycles. The smallest absolute Gasteiger partial charge is 0.238 e. The van der Waals surface area contributed by atoms with Gasteiger partial charge in [0.25, 0.3) is 0 Å². The van der Waals surface area contributed by atoms with E-state index in [2.05, 4.69) is 112 Å². The van der Waals surface area contributed by atoms with Crippen molar-refractivity contribution >= 4 is 54.7 Å². The summed E-state index contributed by atoms with van der Waals surface area (Å²) >= 11 is 0. The van der Waals surface area contributed by atoms with Crippen LogP contribution in [0, 0.1) is 0 Å². The number of nitrogens with zero attached hydrogens (tertiary/aromatic N) is 6. The minimum Gasteiger partial charge on any atom is -0.436 e. The Morgan fingerprint density at radius 1 is 0.356 bits per heavy atom. The minimum absolute atomic E-state index is 0.540. The quantitative estimate of drug-likeness (QED) is 0.169. The van der Waals surface area contributed by atoms with Crippen LogP contribution in [0.25, 0.3) is 112 Å². The van der Waals surface area contributed by atoms with Crippen molar-refractivity contribution in [1.82, 2.24) is 29.1 Å². The molecular weight excluding hydrogens is 725 g/mol. The molecule has 0 unspecified atom stereocenters. The van der Waals surface area contributed by atoms with Gasteiger partial charge in [-0.25, -0.2) is 9.97 Å². The molecule has 7 heteroatoms. The summed E-state index contributed by atoms with van der Waals surface area (Å²) in [7, 11) is 0. The van der Waals surface area contributed by atoms with Crippen molar-refractivity contribution < 1.29 is 4.42 Å². The fourth-order valence-corrected chi connectivity index (χ4v) is 8.53. The van der Waals surface area contributed by atoms with E-state index in [0.29, 0.717) is 23.5 Å². The van der Waals surface area contributed by atoms with Crippen LogP contribution in [0.3, 0.4) is 0 Å². The molecule has 0 radical (unpaired) electrons. The van der Waals surface area contributed by atoms with Gasteiger partial charge in [0.05, 0.1) is 22.1 Å². The van der Waals surface area contributed by atoms with Gasteiger partial charge < -0.3 is 8.98 Å². The highest BCUT2D eigenvalue weighted by Crippen LogP contribution is 2.43.